The Labute approximate surface area is 112 Å². The van der Waals surface area contributed by atoms with Crippen LogP contribution in [0.3, 0.4) is 0 Å². The number of nitrogens with one attached hydrogen (secondary N) is 1. The maximum Gasteiger partial charge on any atom is 0.241 e. The van der Waals surface area contributed by atoms with Gasteiger partial charge >= 0.3 is 0 Å². The summed E-state index contributed by atoms with van der Waals surface area (Å²) in [4.78, 5) is 22.5. The van der Waals surface area contributed by atoms with Gasteiger partial charge in [0.2, 0.25) is 11.8 Å². The number of ether oxygens (including phenoxy) is 1. The highest BCUT2D eigenvalue weighted by atomic mass is 16.5. The predicted octanol–water partition coefficient (Wildman–Crippen LogP) is 0.615. The van der Waals surface area contributed by atoms with E-state index in [1.807, 2.05) is 13.8 Å². The van der Waals surface area contributed by atoms with Gasteiger partial charge in [-0.05, 0) is 26.0 Å². The summed E-state index contributed by atoms with van der Waals surface area (Å²) in [6.07, 6.45) is -0.212. The standard InChI is InChI=1S/C13H19N3O3/c1-8(2)19-11-6-4-3-5-10(11)16-13(18)9(14)7-12(15)17/h3-6,8-9H,7,14H2,1-2H3,(H2,15,17)(H,16,18). The van der Waals surface area contributed by atoms with Crippen molar-refractivity contribution in [3.05, 3.63) is 24.3 Å². The van der Waals surface area contributed by atoms with Crippen LogP contribution < -0.4 is 21.5 Å². The molecule has 0 fully saturated rings. The van der Waals surface area contributed by atoms with Crippen molar-refractivity contribution in [2.75, 3.05) is 5.32 Å². The molecule has 0 saturated carbocycles. The molecule has 0 aliphatic rings. The summed E-state index contributed by atoms with van der Waals surface area (Å²) < 4.78 is 5.56. The predicted molar refractivity (Wildman–Crippen MR) is 72.6 cm³/mol. The Hall–Kier alpha value is -2.08. The van der Waals surface area contributed by atoms with Crippen LogP contribution in [0.5, 0.6) is 5.75 Å². The van der Waals surface area contributed by atoms with Gasteiger partial charge in [-0.3, -0.25) is 9.59 Å². The molecular weight excluding hydrogens is 246 g/mol. The number of carbonyl (C=O) groups excluding carboxylic acids is 2. The maximum atomic E-state index is 11.8. The number of rotatable bonds is 6. The van der Waals surface area contributed by atoms with Crippen molar-refractivity contribution in [2.24, 2.45) is 11.5 Å². The third-order valence-corrected chi connectivity index (χ3v) is 2.27. The molecular formula is C13H19N3O3. The molecule has 19 heavy (non-hydrogen) atoms. The first-order valence-electron chi connectivity index (χ1n) is 6.00. The summed E-state index contributed by atoms with van der Waals surface area (Å²) in [6, 6.07) is 6.05. The van der Waals surface area contributed by atoms with Crippen LogP contribution in [-0.2, 0) is 9.59 Å². The van der Waals surface area contributed by atoms with Gasteiger partial charge in [-0.25, -0.2) is 0 Å². The van der Waals surface area contributed by atoms with Gasteiger partial charge in [-0.15, -0.1) is 0 Å². The number of nitrogens with two attached hydrogens (primary N) is 2. The largest absolute Gasteiger partial charge is 0.489 e. The minimum Gasteiger partial charge on any atom is -0.489 e. The molecule has 0 aliphatic heterocycles. The van der Waals surface area contributed by atoms with Gasteiger partial charge in [0.05, 0.1) is 24.3 Å². The lowest BCUT2D eigenvalue weighted by molar-refractivity contribution is -0.123. The zero-order valence-corrected chi connectivity index (χ0v) is 11.1. The molecule has 0 heterocycles. The fourth-order valence-corrected chi connectivity index (χ4v) is 1.46. The highest BCUT2D eigenvalue weighted by Gasteiger charge is 2.17. The van der Waals surface area contributed by atoms with E-state index in [1.165, 1.54) is 0 Å². The minimum absolute atomic E-state index is 0.0163. The highest BCUT2D eigenvalue weighted by Crippen LogP contribution is 2.24. The molecule has 0 saturated heterocycles. The third-order valence-electron chi connectivity index (χ3n) is 2.27. The number of carbonyl (C=O) groups is 2. The third kappa shape index (κ3) is 4.97. The molecule has 0 aromatic heterocycles. The lowest BCUT2D eigenvalue weighted by Gasteiger charge is -2.16. The van der Waals surface area contributed by atoms with Crippen LogP contribution >= 0.6 is 0 Å². The first kappa shape index (κ1) is 15.0. The number of amides is 2. The van der Waals surface area contributed by atoms with Crippen LogP contribution in [0.1, 0.15) is 20.3 Å². The van der Waals surface area contributed by atoms with E-state index in [0.29, 0.717) is 11.4 Å². The lowest BCUT2D eigenvalue weighted by Crippen LogP contribution is -2.39. The van der Waals surface area contributed by atoms with Crippen LogP contribution in [0.4, 0.5) is 5.69 Å². The number of para-hydroxylation sites is 2. The van der Waals surface area contributed by atoms with Gasteiger partial charge in [0.1, 0.15) is 5.75 Å². The van der Waals surface area contributed by atoms with Crippen molar-refractivity contribution in [1.29, 1.82) is 0 Å². The van der Waals surface area contributed by atoms with Crippen molar-refractivity contribution >= 4 is 17.5 Å². The number of anilines is 1. The second-order valence-electron chi connectivity index (χ2n) is 4.43. The summed E-state index contributed by atoms with van der Waals surface area (Å²) >= 11 is 0. The molecule has 0 bridgehead atoms. The lowest BCUT2D eigenvalue weighted by atomic mass is 10.2. The van der Waals surface area contributed by atoms with Crippen molar-refractivity contribution in [3.8, 4) is 5.75 Å². The molecule has 1 atom stereocenters. The quantitative estimate of drug-likeness (QED) is 0.700. The van der Waals surface area contributed by atoms with E-state index in [0.717, 1.165) is 0 Å². The summed E-state index contributed by atoms with van der Waals surface area (Å²) in [7, 11) is 0. The molecule has 1 aromatic carbocycles. The fourth-order valence-electron chi connectivity index (χ4n) is 1.46. The zero-order valence-electron chi connectivity index (χ0n) is 11.1. The minimum atomic E-state index is -0.968. The van der Waals surface area contributed by atoms with Crippen LogP contribution in [0, 0.1) is 0 Å². The molecule has 2 amide bonds. The topological polar surface area (TPSA) is 107 Å². The summed E-state index contributed by atoms with van der Waals surface area (Å²) in [6.45, 7) is 3.77. The van der Waals surface area contributed by atoms with Crippen molar-refractivity contribution in [3.63, 3.8) is 0 Å². The normalized spacial score (nSPS) is 12.0. The number of primary amides is 1. The van der Waals surface area contributed by atoms with Gasteiger partial charge in [-0.1, -0.05) is 12.1 Å². The highest BCUT2D eigenvalue weighted by molar-refractivity contribution is 5.98. The van der Waals surface area contributed by atoms with Crippen LogP contribution in [-0.4, -0.2) is 24.0 Å². The Morgan fingerprint density at radius 2 is 1.95 bits per heavy atom. The van der Waals surface area contributed by atoms with Gasteiger partial charge in [0.15, 0.2) is 0 Å². The average molecular weight is 265 g/mol. The number of benzene rings is 1. The van der Waals surface area contributed by atoms with E-state index in [9.17, 15) is 9.59 Å². The molecule has 5 N–H and O–H groups in total. The first-order chi connectivity index (χ1) is 8.90. The van der Waals surface area contributed by atoms with Gasteiger partial charge in [0, 0.05) is 0 Å². The van der Waals surface area contributed by atoms with Gasteiger partial charge < -0.3 is 21.5 Å². The van der Waals surface area contributed by atoms with Crippen molar-refractivity contribution in [1.82, 2.24) is 0 Å². The smallest absolute Gasteiger partial charge is 0.241 e. The molecule has 6 nitrogen and oxygen atoms in total. The monoisotopic (exact) mass is 265 g/mol. The average Bonchev–Trinajstić information content (AvgIpc) is 2.30. The van der Waals surface area contributed by atoms with E-state index in [1.54, 1.807) is 24.3 Å². The maximum absolute atomic E-state index is 11.8. The molecule has 0 radical (unpaired) electrons. The van der Waals surface area contributed by atoms with E-state index < -0.39 is 17.9 Å². The second-order valence-corrected chi connectivity index (χ2v) is 4.43. The summed E-state index contributed by atoms with van der Waals surface area (Å²) in [5.41, 5.74) is 11.1. The fraction of sp³-hybridized carbons (Fsp3) is 0.385. The van der Waals surface area contributed by atoms with E-state index in [4.69, 9.17) is 16.2 Å². The van der Waals surface area contributed by atoms with E-state index >= 15 is 0 Å². The van der Waals surface area contributed by atoms with Crippen LogP contribution in [0.25, 0.3) is 0 Å². The van der Waals surface area contributed by atoms with Crippen molar-refractivity contribution in [2.45, 2.75) is 32.4 Å². The van der Waals surface area contributed by atoms with Gasteiger partial charge in [-0.2, -0.15) is 0 Å². The molecule has 104 valence electrons. The molecule has 1 unspecified atom stereocenters. The zero-order chi connectivity index (χ0) is 14.4. The van der Waals surface area contributed by atoms with E-state index in [2.05, 4.69) is 5.32 Å². The molecule has 0 aliphatic carbocycles. The molecule has 1 aromatic rings. The first-order valence-corrected chi connectivity index (χ1v) is 6.00. The summed E-state index contributed by atoms with van der Waals surface area (Å²) in [5.74, 6) is -0.537. The van der Waals surface area contributed by atoms with Crippen molar-refractivity contribution < 1.29 is 14.3 Å². The SMILES string of the molecule is CC(C)Oc1ccccc1NC(=O)C(N)CC(N)=O. The molecule has 6 heteroatoms. The Balaban J connectivity index is 2.76. The Morgan fingerprint density at radius 1 is 1.32 bits per heavy atom. The van der Waals surface area contributed by atoms with Gasteiger partial charge in [0.25, 0.3) is 0 Å². The Bertz CT molecular complexity index is 460. The van der Waals surface area contributed by atoms with Crippen LogP contribution in [0.15, 0.2) is 24.3 Å². The second kappa shape index (κ2) is 6.75. The Morgan fingerprint density at radius 3 is 2.53 bits per heavy atom. The van der Waals surface area contributed by atoms with E-state index in [-0.39, 0.29) is 12.5 Å². The number of hydrogen-bond acceptors (Lipinski definition) is 4. The molecule has 0 spiro atoms. The van der Waals surface area contributed by atoms with Crippen LogP contribution in [0.2, 0.25) is 0 Å². The molecule has 1 rings (SSSR count). The summed E-state index contributed by atoms with van der Waals surface area (Å²) in [5, 5.41) is 2.62. The number of hydrogen-bond donors (Lipinski definition) is 3. The Kier molecular flexibility index (Phi) is 5.32.